The lowest BCUT2D eigenvalue weighted by Gasteiger charge is -1.96. The van der Waals surface area contributed by atoms with Crippen LogP contribution in [0.25, 0.3) is 0 Å². The van der Waals surface area contributed by atoms with Crippen LogP contribution in [-0.4, -0.2) is 9.36 Å². The van der Waals surface area contributed by atoms with Crippen LogP contribution in [0.3, 0.4) is 0 Å². The fourth-order valence-corrected chi connectivity index (χ4v) is 2.55. The van der Waals surface area contributed by atoms with Crippen LogP contribution in [0.2, 0.25) is 4.47 Å². The number of aromatic nitrogens is 2. The zero-order valence-electron chi connectivity index (χ0n) is 7.18. The SMILES string of the molecule is Clc1nc(SCc2ccccc2)ns1. The van der Waals surface area contributed by atoms with Crippen LogP contribution >= 0.6 is 34.9 Å². The molecule has 0 radical (unpaired) electrons. The number of rotatable bonds is 3. The lowest BCUT2D eigenvalue weighted by molar-refractivity contribution is 1.08. The minimum Gasteiger partial charge on any atom is -0.198 e. The highest BCUT2D eigenvalue weighted by Crippen LogP contribution is 2.23. The van der Waals surface area contributed by atoms with Crippen molar-refractivity contribution in [1.29, 1.82) is 0 Å². The van der Waals surface area contributed by atoms with E-state index in [1.807, 2.05) is 18.2 Å². The second-order valence-corrected chi connectivity index (χ2v) is 4.88. The molecule has 0 saturated carbocycles. The molecule has 1 aromatic carbocycles. The van der Waals surface area contributed by atoms with Gasteiger partial charge in [0.15, 0.2) is 0 Å². The van der Waals surface area contributed by atoms with E-state index >= 15 is 0 Å². The van der Waals surface area contributed by atoms with Gasteiger partial charge in [-0.25, -0.2) is 0 Å². The Labute approximate surface area is 95.5 Å². The molecule has 0 bridgehead atoms. The number of hydrogen-bond acceptors (Lipinski definition) is 4. The summed E-state index contributed by atoms with van der Waals surface area (Å²) in [5, 5.41) is 0.754. The van der Waals surface area contributed by atoms with E-state index in [1.54, 1.807) is 11.8 Å². The van der Waals surface area contributed by atoms with Gasteiger partial charge in [0, 0.05) is 5.75 Å². The van der Waals surface area contributed by atoms with E-state index in [-0.39, 0.29) is 0 Å². The van der Waals surface area contributed by atoms with Gasteiger partial charge in [-0.3, -0.25) is 0 Å². The molecule has 1 heterocycles. The smallest absolute Gasteiger partial charge is 0.198 e. The van der Waals surface area contributed by atoms with Crippen molar-refractivity contribution in [2.24, 2.45) is 0 Å². The maximum Gasteiger partial charge on any atom is 0.204 e. The topological polar surface area (TPSA) is 25.8 Å². The van der Waals surface area contributed by atoms with Crippen LogP contribution in [0.1, 0.15) is 5.56 Å². The number of benzene rings is 1. The molecule has 0 atom stereocenters. The number of nitrogens with zero attached hydrogens (tertiary/aromatic N) is 2. The molecule has 0 aliphatic rings. The first kappa shape index (κ1) is 9.96. The van der Waals surface area contributed by atoms with Crippen molar-refractivity contribution in [3.05, 3.63) is 40.4 Å². The van der Waals surface area contributed by atoms with Gasteiger partial charge in [0.2, 0.25) is 9.62 Å². The van der Waals surface area contributed by atoms with Crippen LogP contribution in [0.15, 0.2) is 35.5 Å². The Morgan fingerprint density at radius 3 is 2.71 bits per heavy atom. The highest BCUT2D eigenvalue weighted by atomic mass is 35.5. The van der Waals surface area contributed by atoms with Gasteiger partial charge in [-0.2, -0.15) is 9.36 Å². The van der Waals surface area contributed by atoms with Crippen LogP contribution < -0.4 is 0 Å². The molecule has 72 valence electrons. The monoisotopic (exact) mass is 242 g/mol. The average Bonchev–Trinajstić information content (AvgIpc) is 2.63. The third kappa shape index (κ3) is 2.70. The molecule has 14 heavy (non-hydrogen) atoms. The summed E-state index contributed by atoms with van der Waals surface area (Å²) in [5.41, 5.74) is 1.27. The zero-order valence-corrected chi connectivity index (χ0v) is 9.57. The Balaban J connectivity index is 1.95. The molecule has 0 aliphatic carbocycles. The summed E-state index contributed by atoms with van der Waals surface area (Å²) in [5.74, 6) is 0.883. The predicted octanol–water partition coefficient (Wildman–Crippen LogP) is 3.48. The minimum absolute atomic E-state index is 0.501. The molecule has 0 N–H and O–H groups in total. The third-order valence-corrected chi connectivity index (χ3v) is 3.43. The van der Waals surface area contributed by atoms with Crippen LogP contribution in [0.4, 0.5) is 0 Å². The molecule has 1 aromatic heterocycles. The zero-order chi connectivity index (χ0) is 9.80. The Bertz CT molecular complexity index is 402. The molecule has 2 rings (SSSR count). The molecule has 0 fully saturated rings. The van der Waals surface area contributed by atoms with Crippen LogP contribution in [-0.2, 0) is 5.75 Å². The molecule has 0 aliphatic heterocycles. The Morgan fingerprint density at radius 1 is 1.29 bits per heavy atom. The summed E-state index contributed by atoms with van der Waals surface area (Å²) in [7, 11) is 0. The molecule has 5 heteroatoms. The molecule has 0 amide bonds. The molecule has 0 unspecified atom stereocenters. The van der Waals surface area contributed by atoms with Crippen molar-refractivity contribution in [2.75, 3.05) is 0 Å². The summed E-state index contributed by atoms with van der Waals surface area (Å²) in [4.78, 5) is 4.06. The normalized spacial score (nSPS) is 10.4. The number of thioether (sulfide) groups is 1. The van der Waals surface area contributed by atoms with Crippen molar-refractivity contribution in [3.8, 4) is 0 Å². The molecular weight excluding hydrogens is 236 g/mol. The van der Waals surface area contributed by atoms with Crippen molar-refractivity contribution < 1.29 is 0 Å². The second kappa shape index (κ2) is 4.77. The summed E-state index contributed by atoms with van der Waals surface area (Å²) in [6.45, 7) is 0. The van der Waals surface area contributed by atoms with E-state index in [1.165, 1.54) is 17.1 Å². The Morgan fingerprint density at radius 2 is 2.07 bits per heavy atom. The first-order valence-electron chi connectivity index (χ1n) is 4.00. The van der Waals surface area contributed by atoms with Gasteiger partial charge in [0.1, 0.15) is 0 Å². The maximum atomic E-state index is 5.67. The van der Waals surface area contributed by atoms with Crippen LogP contribution in [0, 0.1) is 0 Å². The summed E-state index contributed by atoms with van der Waals surface area (Å²) in [6, 6.07) is 10.2. The molecular formula is C9H7ClN2S2. The summed E-state index contributed by atoms with van der Waals surface area (Å²) >= 11 is 8.49. The number of halogens is 1. The Kier molecular flexibility index (Phi) is 3.39. The van der Waals surface area contributed by atoms with E-state index in [0.29, 0.717) is 4.47 Å². The summed E-state index contributed by atoms with van der Waals surface area (Å²) < 4.78 is 4.59. The first-order chi connectivity index (χ1) is 6.84. The fraction of sp³-hybridized carbons (Fsp3) is 0.111. The van der Waals surface area contributed by atoms with E-state index in [0.717, 1.165) is 10.9 Å². The van der Waals surface area contributed by atoms with E-state index in [4.69, 9.17) is 11.6 Å². The third-order valence-electron chi connectivity index (χ3n) is 1.59. The van der Waals surface area contributed by atoms with Gasteiger partial charge in [0.25, 0.3) is 0 Å². The van der Waals surface area contributed by atoms with Crippen molar-refractivity contribution in [2.45, 2.75) is 10.9 Å². The first-order valence-corrected chi connectivity index (χ1v) is 6.14. The molecule has 0 spiro atoms. The molecule has 2 nitrogen and oxygen atoms in total. The van der Waals surface area contributed by atoms with Gasteiger partial charge in [0.05, 0.1) is 0 Å². The second-order valence-electron chi connectivity index (χ2n) is 2.60. The largest absolute Gasteiger partial charge is 0.204 e. The minimum atomic E-state index is 0.501. The van der Waals surface area contributed by atoms with Crippen LogP contribution in [0.5, 0.6) is 0 Å². The lowest BCUT2D eigenvalue weighted by atomic mass is 10.2. The van der Waals surface area contributed by atoms with Gasteiger partial charge < -0.3 is 0 Å². The maximum absolute atomic E-state index is 5.67. The summed E-state index contributed by atoms with van der Waals surface area (Å²) in [6.07, 6.45) is 0. The standard InChI is InChI=1S/C9H7ClN2S2/c10-8-11-9(12-14-8)13-6-7-4-2-1-3-5-7/h1-5H,6H2. The van der Waals surface area contributed by atoms with Crippen molar-refractivity contribution in [1.82, 2.24) is 9.36 Å². The highest BCUT2D eigenvalue weighted by Gasteiger charge is 2.02. The van der Waals surface area contributed by atoms with Gasteiger partial charge in [-0.05, 0) is 28.7 Å². The van der Waals surface area contributed by atoms with Gasteiger partial charge in [-0.15, -0.1) is 0 Å². The highest BCUT2D eigenvalue weighted by molar-refractivity contribution is 7.98. The van der Waals surface area contributed by atoms with Gasteiger partial charge in [-0.1, -0.05) is 42.1 Å². The van der Waals surface area contributed by atoms with Gasteiger partial charge >= 0.3 is 0 Å². The van der Waals surface area contributed by atoms with E-state index in [2.05, 4.69) is 21.5 Å². The Hall–Kier alpha value is -0.580. The molecule has 2 aromatic rings. The average molecular weight is 243 g/mol. The lowest BCUT2D eigenvalue weighted by Crippen LogP contribution is -1.80. The number of hydrogen-bond donors (Lipinski definition) is 0. The molecule has 0 saturated heterocycles. The van der Waals surface area contributed by atoms with E-state index < -0.39 is 0 Å². The van der Waals surface area contributed by atoms with E-state index in [9.17, 15) is 0 Å². The fourth-order valence-electron chi connectivity index (χ4n) is 0.973. The quantitative estimate of drug-likeness (QED) is 0.771. The predicted molar refractivity (Wildman–Crippen MR) is 60.9 cm³/mol. The van der Waals surface area contributed by atoms with Crippen molar-refractivity contribution >= 4 is 34.9 Å². The van der Waals surface area contributed by atoms with Crippen molar-refractivity contribution in [3.63, 3.8) is 0 Å².